The molecule has 1 amide bonds. The van der Waals surface area contributed by atoms with E-state index < -0.39 is 0 Å². The van der Waals surface area contributed by atoms with Crippen molar-refractivity contribution in [3.8, 4) is 11.4 Å². The van der Waals surface area contributed by atoms with Crippen molar-refractivity contribution in [1.82, 2.24) is 25.2 Å². The largest absolute Gasteiger partial charge is 0.384 e. The van der Waals surface area contributed by atoms with Crippen LogP contribution < -0.4 is 10.6 Å². The molecule has 1 saturated heterocycles. The van der Waals surface area contributed by atoms with Gasteiger partial charge in [0.05, 0.1) is 18.8 Å². The number of hydrogen-bond donors (Lipinski definition) is 3. The van der Waals surface area contributed by atoms with E-state index in [4.69, 9.17) is 9.72 Å². The van der Waals surface area contributed by atoms with Gasteiger partial charge in [0, 0.05) is 49.7 Å². The second-order valence-electron chi connectivity index (χ2n) is 9.85. The summed E-state index contributed by atoms with van der Waals surface area (Å²) in [6, 6.07) is 10.3. The second-order valence-corrected chi connectivity index (χ2v) is 9.85. The molecule has 2 aromatic heterocycles. The fourth-order valence-corrected chi connectivity index (χ4v) is 5.83. The number of morpholine rings is 1. The molecule has 3 heterocycles. The summed E-state index contributed by atoms with van der Waals surface area (Å²) in [4.78, 5) is 28.0. The smallest absolute Gasteiger partial charge is 0.253 e. The maximum atomic E-state index is 13.1. The minimum absolute atomic E-state index is 0.0391. The summed E-state index contributed by atoms with van der Waals surface area (Å²) in [7, 11) is 0. The van der Waals surface area contributed by atoms with Crippen LogP contribution in [-0.2, 0) is 4.74 Å². The number of amides is 1. The van der Waals surface area contributed by atoms with E-state index in [1.54, 1.807) is 12.3 Å². The minimum Gasteiger partial charge on any atom is -0.384 e. The molecule has 3 unspecified atom stereocenters. The van der Waals surface area contributed by atoms with Crippen molar-refractivity contribution in [2.45, 2.75) is 31.7 Å². The number of anilines is 1. The number of benzene rings is 1. The maximum absolute atomic E-state index is 13.1. The van der Waals surface area contributed by atoms with Gasteiger partial charge in [-0.25, -0.2) is 9.97 Å². The summed E-state index contributed by atoms with van der Waals surface area (Å²) in [5.41, 5.74) is 3.92. The van der Waals surface area contributed by atoms with Gasteiger partial charge in [0.2, 0.25) is 0 Å². The predicted octanol–water partition coefficient (Wildman–Crippen LogP) is 3.29. The van der Waals surface area contributed by atoms with E-state index in [2.05, 4.69) is 37.6 Å². The Hall–Kier alpha value is -2.97. The van der Waals surface area contributed by atoms with Gasteiger partial charge in [0.1, 0.15) is 11.3 Å². The van der Waals surface area contributed by atoms with Crippen molar-refractivity contribution >= 4 is 22.8 Å². The fourth-order valence-electron chi connectivity index (χ4n) is 5.83. The zero-order valence-electron chi connectivity index (χ0n) is 19.4. The summed E-state index contributed by atoms with van der Waals surface area (Å²) >= 11 is 0. The van der Waals surface area contributed by atoms with Crippen LogP contribution in [0.1, 0.15) is 36.0 Å². The average Bonchev–Trinajstić information content (AvgIpc) is 3.60. The van der Waals surface area contributed by atoms with E-state index in [0.717, 1.165) is 68.8 Å². The van der Waals surface area contributed by atoms with Gasteiger partial charge in [-0.3, -0.25) is 9.69 Å². The number of carbonyl (C=O) groups is 1. The average molecular weight is 461 g/mol. The highest BCUT2D eigenvalue weighted by atomic mass is 16.5. The lowest BCUT2D eigenvalue weighted by Crippen LogP contribution is -2.38. The molecule has 1 aromatic carbocycles. The summed E-state index contributed by atoms with van der Waals surface area (Å²) in [6.07, 6.45) is 6.62. The number of aromatic nitrogens is 3. The molecule has 3 aromatic rings. The zero-order chi connectivity index (χ0) is 22.9. The number of nitrogens with zero attached hydrogens (tertiary/aromatic N) is 3. The van der Waals surface area contributed by atoms with E-state index >= 15 is 0 Å². The maximum Gasteiger partial charge on any atom is 0.253 e. The molecule has 2 saturated carbocycles. The lowest BCUT2D eigenvalue weighted by molar-refractivity contribution is 0.0398. The summed E-state index contributed by atoms with van der Waals surface area (Å²) in [6.45, 7) is 5.56. The van der Waals surface area contributed by atoms with E-state index in [1.165, 1.54) is 19.3 Å². The molecule has 6 rings (SSSR count). The molecule has 2 aliphatic carbocycles. The highest BCUT2D eigenvalue weighted by molar-refractivity contribution is 6.04. The third-order valence-electron chi connectivity index (χ3n) is 7.70. The SMILES string of the molecule is O=C(NC1CC2CCC1C2)c1ccnc2[nH]c(-c3ccc(NCCN4CCOCC4)cc3)nc12. The van der Waals surface area contributed by atoms with Gasteiger partial charge >= 0.3 is 0 Å². The van der Waals surface area contributed by atoms with Crippen LogP contribution >= 0.6 is 0 Å². The van der Waals surface area contributed by atoms with Crippen LogP contribution in [0.5, 0.6) is 0 Å². The molecule has 34 heavy (non-hydrogen) atoms. The Labute approximate surface area is 199 Å². The van der Waals surface area contributed by atoms with Crippen molar-refractivity contribution in [3.63, 3.8) is 0 Å². The number of ether oxygens (including phenoxy) is 1. The Morgan fingerprint density at radius 1 is 1.12 bits per heavy atom. The lowest BCUT2D eigenvalue weighted by atomic mass is 9.95. The normalized spacial score (nSPS) is 24.5. The van der Waals surface area contributed by atoms with Crippen LogP contribution in [0.15, 0.2) is 36.5 Å². The molecule has 8 heteroatoms. The number of carbonyl (C=O) groups excluding carboxylic acids is 1. The Morgan fingerprint density at radius 3 is 2.74 bits per heavy atom. The molecule has 3 fully saturated rings. The number of aromatic amines is 1. The van der Waals surface area contributed by atoms with Crippen molar-refractivity contribution in [2.75, 3.05) is 44.7 Å². The minimum atomic E-state index is -0.0391. The predicted molar refractivity (Wildman–Crippen MR) is 132 cm³/mol. The molecular weight excluding hydrogens is 428 g/mol. The lowest BCUT2D eigenvalue weighted by Gasteiger charge is -2.26. The van der Waals surface area contributed by atoms with Crippen molar-refractivity contribution in [1.29, 1.82) is 0 Å². The molecule has 0 spiro atoms. The number of hydrogen-bond acceptors (Lipinski definition) is 6. The number of H-pyrrole nitrogens is 1. The third-order valence-corrected chi connectivity index (χ3v) is 7.70. The van der Waals surface area contributed by atoms with Gasteiger partial charge in [0.15, 0.2) is 5.65 Å². The Bertz CT molecular complexity index is 1150. The highest BCUT2D eigenvalue weighted by Gasteiger charge is 2.40. The molecule has 3 atom stereocenters. The standard InChI is InChI=1S/C26H32N6O2/c33-26(29-22-16-17-1-2-19(22)15-17)21-7-8-28-25-23(21)30-24(31-25)18-3-5-20(6-4-18)27-9-10-32-11-13-34-14-12-32/h3-8,17,19,22,27H,1-2,9-16H2,(H,29,33)(H,28,30,31). The van der Waals surface area contributed by atoms with Gasteiger partial charge in [-0.2, -0.15) is 0 Å². The monoisotopic (exact) mass is 460 g/mol. The first kappa shape index (κ1) is 21.6. The highest BCUT2D eigenvalue weighted by Crippen LogP contribution is 2.44. The van der Waals surface area contributed by atoms with Gasteiger partial charge in [0.25, 0.3) is 5.91 Å². The Balaban J connectivity index is 1.12. The van der Waals surface area contributed by atoms with E-state index in [9.17, 15) is 4.79 Å². The first-order valence-corrected chi connectivity index (χ1v) is 12.5. The molecule has 178 valence electrons. The molecule has 8 nitrogen and oxygen atoms in total. The molecule has 3 aliphatic rings. The number of pyridine rings is 1. The molecule has 0 radical (unpaired) electrons. The van der Waals surface area contributed by atoms with Crippen LogP contribution in [0.2, 0.25) is 0 Å². The third kappa shape index (κ3) is 4.40. The Kier molecular flexibility index (Phi) is 5.93. The molecular formula is C26H32N6O2. The summed E-state index contributed by atoms with van der Waals surface area (Å²) < 4.78 is 5.40. The summed E-state index contributed by atoms with van der Waals surface area (Å²) in [5.74, 6) is 2.12. The van der Waals surface area contributed by atoms with E-state index in [0.29, 0.717) is 28.7 Å². The van der Waals surface area contributed by atoms with Crippen LogP contribution in [0, 0.1) is 11.8 Å². The van der Waals surface area contributed by atoms with E-state index in [-0.39, 0.29) is 5.91 Å². The fraction of sp³-hybridized carbons (Fsp3) is 0.500. The van der Waals surface area contributed by atoms with Gasteiger partial charge in [-0.15, -0.1) is 0 Å². The van der Waals surface area contributed by atoms with Gasteiger partial charge < -0.3 is 20.4 Å². The van der Waals surface area contributed by atoms with Crippen LogP contribution in [0.4, 0.5) is 5.69 Å². The molecule has 2 bridgehead atoms. The van der Waals surface area contributed by atoms with Crippen LogP contribution in [0.3, 0.4) is 0 Å². The Morgan fingerprint density at radius 2 is 1.97 bits per heavy atom. The van der Waals surface area contributed by atoms with Gasteiger partial charge in [-0.1, -0.05) is 6.42 Å². The molecule has 1 aliphatic heterocycles. The topological polar surface area (TPSA) is 95.2 Å². The van der Waals surface area contributed by atoms with Crippen LogP contribution in [0.25, 0.3) is 22.6 Å². The number of fused-ring (bicyclic) bond motifs is 3. The van der Waals surface area contributed by atoms with E-state index in [1.807, 2.05) is 12.1 Å². The second kappa shape index (κ2) is 9.35. The first-order chi connectivity index (χ1) is 16.7. The number of imidazole rings is 1. The van der Waals surface area contributed by atoms with Crippen molar-refractivity contribution in [3.05, 3.63) is 42.1 Å². The van der Waals surface area contributed by atoms with Gasteiger partial charge in [-0.05, 0) is 61.4 Å². The zero-order valence-corrected chi connectivity index (χ0v) is 19.4. The number of rotatable bonds is 7. The first-order valence-electron chi connectivity index (χ1n) is 12.5. The van der Waals surface area contributed by atoms with Crippen molar-refractivity contribution in [2.24, 2.45) is 11.8 Å². The number of nitrogens with one attached hydrogen (secondary N) is 3. The molecule has 3 N–H and O–H groups in total. The quantitative estimate of drug-likeness (QED) is 0.501. The van der Waals surface area contributed by atoms with Crippen LogP contribution in [-0.4, -0.2) is 71.2 Å². The summed E-state index contributed by atoms with van der Waals surface area (Å²) in [5, 5.41) is 6.77. The van der Waals surface area contributed by atoms with Crippen molar-refractivity contribution < 1.29 is 9.53 Å².